The lowest BCUT2D eigenvalue weighted by molar-refractivity contribution is -0.137. The summed E-state index contributed by atoms with van der Waals surface area (Å²) < 4.78 is 114. The maximum absolute atomic E-state index is 15.8. The predicted octanol–water partition coefficient (Wildman–Crippen LogP) is 6.27. The van der Waals surface area contributed by atoms with Crippen LogP contribution < -0.4 is 5.32 Å². The van der Waals surface area contributed by atoms with Crippen molar-refractivity contribution in [3.05, 3.63) is 64.4 Å². The van der Waals surface area contributed by atoms with E-state index in [-0.39, 0.29) is 34.7 Å². The molecule has 0 bridgehead atoms. The zero-order valence-corrected chi connectivity index (χ0v) is 22.8. The van der Waals surface area contributed by atoms with Crippen LogP contribution in [0.25, 0.3) is 10.9 Å². The second kappa shape index (κ2) is 11.6. The summed E-state index contributed by atoms with van der Waals surface area (Å²) in [5.41, 5.74) is -0.530. The SMILES string of the molecule is C[C@@H]1Cc2c([nH]c3ccc(C(F)(F)F)cc23)[C@@H](c2c(F)cc(NC3CCN(CCCF)C3)cc2F)N1CC(F)(F)CO. The molecule has 3 N–H and O–H groups in total. The molecule has 2 aromatic carbocycles. The summed E-state index contributed by atoms with van der Waals surface area (Å²) in [6, 6.07) is 2.87. The number of benzene rings is 2. The van der Waals surface area contributed by atoms with E-state index < -0.39 is 66.8 Å². The second-order valence-corrected chi connectivity index (χ2v) is 11.2. The van der Waals surface area contributed by atoms with Crippen LogP contribution in [0.4, 0.5) is 40.8 Å². The van der Waals surface area contributed by atoms with Gasteiger partial charge in [-0.2, -0.15) is 13.2 Å². The number of aromatic amines is 1. The predicted molar refractivity (Wildman–Crippen MR) is 142 cm³/mol. The topological polar surface area (TPSA) is 54.5 Å². The van der Waals surface area contributed by atoms with Crippen LogP contribution >= 0.6 is 0 Å². The Morgan fingerprint density at radius 1 is 1.07 bits per heavy atom. The van der Waals surface area contributed by atoms with Crippen LogP contribution in [-0.4, -0.2) is 77.4 Å². The minimum Gasteiger partial charge on any atom is -0.390 e. The third kappa shape index (κ3) is 6.09. The number of aliphatic hydroxyl groups excluding tert-OH is 1. The van der Waals surface area contributed by atoms with Crippen LogP contribution in [0.2, 0.25) is 0 Å². The van der Waals surface area contributed by atoms with Gasteiger partial charge in [0.2, 0.25) is 0 Å². The van der Waals surface area contributed by atoms with Gasteiger partial charge < -0.3 is 20.3 Å². The highest BCUT2D eigenvalue weighted by Gasteiger charge is 2.44. The lowest BCUT2D eigenvalue weighted by Crippen LogP contribution is -2.49. The highest BCUT2D eigenvalue weighted by molar-refractivity contribution is 5.86. The lowest BCUT2D eigenvalue weighted by Gasteiger charge is -2.42. The molecule has 0 radical (unpaired) electrons. The van der Waals surface area contributed by atoms with Crippen molar-refractivity contribution >= 4 is 16.6 Å². The van der Waals surface area contributed by atoms with Crippen molar-refractivity contribution in [2.24, 2.45) is 0 Å². The van der Waals surface area contributed by atoms with Crippen molar-refractivity contribution < 1.29 is 40.2 Å². The molecule has 230 valence electrons. The van der Waals surface area contributed by atoms with Gasteiger partial charge in [-0.1, -0.05) is 0 Å². The molecule has 42 heavy (non-hydrogen) atoms. The number of H-pyrrole nitrogens is 1. The molecule has 0 saturated carbocycles. The first kappa shape index (κ1) is 30.6. The number of aromatic nitrogens is 1. The molecule has 3 aromatic rings. The van der Waals surface area contributed by atoms with Gasteiger partial charge in [-0.25, -0.2) is 17.6 Å². The highest BCUT2D eigenvalue weighted by atomic mass is 19.4. The molecule has 2 aliphatic rings. The number of nitrogens with zero attached hydrogens (tertiary/aromatic N) is 2. The average Bonchev–Trinajstić information content (AvgIpc) is 3.51. The normalized spacial score (nSPS) is 22.2. The van der Waals surface area contributed by atoms with Crippen molar-refractivity contribution in [1.82, 2.24) is 14.8 Å². The van der Waals surface area contributed by atoms with E-state index in [0.717, 1.165) is 24.3 Å². The Balaban J connectivity index is 1.55. The van der Waals surface area contributed by atoms with Crippen LogP contribution in [0.1, 0.15) is 48.2 Å². The van der Waals surface area contributed by atoms with Gasteiger partial charge in [-0.05, 0) is 62.1 Å². The Kier molecular flexibility index (Phi) is 8.47. The standard InChI is InChI=1S/C29H32F8N4O/c1-16-9-21-20-10-17(29(35,36)37)3-4-24(20)39-26(21)27(41(16)14-28(33,34)15-42)25-22(31)11-19(12-23(25)32)38-18-5-8-40(13-18)7-2-6-30/h3-4,10-12,16,18,27,38-39,42H,2,5-9,13-15H2,1H3/t16-,18?,27-/m1/s1. The van der Waals surface area contributed by atoms with Crippen molar-refractivity contribution in [2.45, 2.75) is 56.4 Å². The quantitative estimate of drug-likeness (QED) is 0.252. The molecular weight excluding hydrogens is 572 g/mol. The maximum atomic E-state index is 15.8. The van der Waals surface area contributed by atoms with E-state index in [1.165, 1.54) is 11.0 Å². The number of likely N-dealkylation sites (tertiary alicyclic amines) is 1. The monoisotopic (exact) mass is 604 g/mol. The Morgan fingerprint density at radius 3 is 2.43 bits per heavy atom. The van der Waals surface area contributed by atoms with E-state index >= 15 is 8.78 Å². The molecule has 3 atom stereocenters. The van der Waals surface area contributed by atoms with Gasteiger partial charge in [0.1, 0.15) is 18.2 Å². The minimum atomic E-state index is -4.63. The first-order valence-electron chi connectivity index (χ1n) is 13.8. The zero-order chi connectivity index (χ0) is 30.4. The summed E-state index contributed by atoms with van der Waals surface area (Å²) in [4.78, 5) is 6.17. The first-order chi connectivity index (χ1) is 19.8. The molecule has 2 aliphatic heterocycles. The van der Waals surface area contributed by atoms with Crippen LogP contribution in [0.3, 0.4) is 0 Å². The van der Waals surface area contributed by atoms with Crippen LogP contribution in [0.5, 0.6) is 0 Å². The fourth-order valence-corrected chi connectivity index (χ4v) is 6.21. The largest absolute Gasteiger partial charge is 0.416 e. The minimum absolute atomic E-state index is 0.0398. The average molecular weight is 605 g/mol. The molecule has 0 aliphatic carbocycles. The number of alkyl halides is 6. The van der Waals surface area contributed by atoms with Crippen LogP contribution in [0, 0.1) is 11.6 Å². The smallest absolute Gasteiger partial charge is 0.390 e. The molecule has 1 saturated heterocycles. The molecule has 0 spiro atoms. The number of halogens is 8. The Labute approximate surface area is 237 Å². The molecular formula is C29H32F8N4O. The van der Waals surface area contributed by atoms with Gasteiger partial charge >= 0.3 is 6.18 Å². The lowest BCUT2D eigenvalue weighted by atomic mass is 9.87. The van der Waals surface area contributed by atoms with Gasteiger partial charge in [0.15, 0.2) is 0 Å². The Bertz CT molecular complexity index is 1400. The fraction of sp³-hybridized carbons (Fsp3) is 0.517. The third-order valence-corrected chi connectivity index (χ3v) is 8.19. The number of hydrogen-bond acceptors (Lipinski definition) is 4. The van der Waals surface area contributed by atoms with E-state index in [1.54, 1.807) is 6.92 Å². The Hall–Kier alpha value is -2.90. The molecule has 5 nitrogen and oxygen atoms in total. The van der Waals surface area contributed by atoms with E-state index in [2.05, 4.69) is 10.3 Å². The van der Waals surface area contributed by atoms with Crippen molar-refractivity contribution in [3.8, 4) is 0 Å². The summed E-state index contributed by atoms with van der Waals surface area (Å²) in [5.74, 6) is -5.63. The second-order valence-electron chi connectivity index (χ2n) is 11.2. The van der Waals surface area contributed by atoms with E-state index in [4.69, 9.17) is 0 Å². The summed E-state index contributed by atoms with van der Waals surface area (Å²) in [6.45, 7) is 0.428. The molecule has 5 rings (SSSR count). The van der Waals surface area contributed by atoms with Crippen LogP contribution in [-0.2, 0) is 12.6 Å². The number of anilines is 1. The number of hydrogen-bond donors (Lipinski definition) is 3. The molecule has 13 heteroatoms. The van der Waals surface area contributed by atoms with Gasteiger partial charge in [-0.15, -0.1) is 0 Å². The molecule has 1 aromatic heterocycles. The Morgan fingerprint density at radius 2 is 1.79 bits per heavy atom. The van der Waals surface area contributed by atoms with E-state index in [1.807, 2.05) is 4.90 Å². The van der Waals surface area contributed by atoms with Gasteiger partial charge in [0, 0.05) is 59.6 Å². The first-order valence-corrected chi connectivity index (χ1v) is 13.8. The summed E-state index contributed by atoms with van der Waals surface area (Å²) in [6.07, 6.45) is -3.51. The van der Waals surface area contributed by atoms with E-state index in [0.29, 0.717) is 38.0 Å². The summed E-state index contributed by atoms with van der Waals surface area (Å²) >= 11 is 0. The number of nitrogens with one attached hydrogen (secondary N) is 2. The highest BCUT2D eigenvalue weighted by Crippen LogP contribution is 2.45. The summed E-state index contributed by atoms with van der Waals surface area (Å²) in [5, 5.41) is 12.6. The number of rotatable bonds is 9. The third-order valence-electron chi connectivity index (χ3n) is 8.19. The summed E-state index contributed by atoms with van der Waals surface area (Å²) in [7, 11) is 0. The van der Waals surface area contributed by atoms with Gasteiger partial charge in [-0.3, -0.25) is 9.29 Å². The maximum Gasteiger partial charge on any atom is 0.416 e. The van der Waals surface area contributed by atoms with Crippen molar-refractivity contribution in [3.63, 3.8) is 0 Å². The van der Waals surface area contributed by atoms with Gasteiger partial charge in [0.25, 0.3) is 5.92 Å². The van der Waals surface area contributed by atoms with Gasteiger partial charge in [0.05, 0.1) is 24.8 Å². The zero-order valence-electron chi connectivity index (χ0n) is 22.8. The van der Waals surface area contributed by atoms with Crippen molar-refractivity contribution in [2.75, 3.05) is 44.8 Å². The van der Waals surface area contributed by atoms with Crippen molar-refractivity contribution in [1.29, 1.82) is 0 Å². The molecule has 1 fully saturated rings. The number of aliphatic hydroxyl groups is 1. The molecule has 1 unspecified atom stereocenters. The molecule has 3 heterocycles. The molecule has 0 amide bonds. The van der Waals surface area contributed by atoms with E-state index in [9.17, 15) is 31.4 Å². The fourth-order valence-electron chi connectivity index (χ4n) is 6.21. The number of fused-ring (bicyclic) bond motifs is 3. The van der Waals surface area contributed by atoms with Crippen LogP contribution in [0.15, 0.2) is 30.3 Å².